The summed E-state index contributed by atoms with van der Waals surface area (Å²) in [6.07, 6.45) is 4.43. The van der Waals surface area contributed by atoms with Crippen LogP contribution in [-0.4, -0.2) is 15.0 Å². The summed E-state index contributed by atoms with van der Waals surface area (Å²) in [7, 11) is -3.61. The molecule has 0 aromatic heterocycles. The van der Waals surface area contributed by atoms with Gasteiger partial charge < -0.3 is 0 Å². The van der Waals surface area contributed by atoms with Crippen LogP contribution < -0.4 is 0 Å². The van der Waals surface area contributed by atoms with Crippen molar-refractivity contribution in [1.29, 1.82) is 0 Å². The van der Waals surface area contributed by atoms with E-state index in [0.717, 1.165) is 12.0 Å². The molecule has 0 aliphatic carbocycles. The Morgan fingerprint density at radius 3 is 2.38 bits per heavy atom. The van der Waals surface area contributed by atoms with E-state index >= 15 is 0 Å². The van der Waals surface area contributed by atoms with Gasteiger partial charge in [-0.2, -0.15) is 8.42 Å². The highest BCUT2D eigenvalue weighted by atomic mass is 32.2. The van der Waals surface area contributed by atoms with Crippen molar-refractivity contribution in [2.75, 3.05) is 6.61 Å². The first kappa shape index (κ1) is 12.9. The van der Waals surface area contributed by atoms with Crippen LogP contribution in [0, 0.1) is 6.92 Å². The minimum absolute atomic E-state index is 0.0874. The zero-order chi connectivity index (χ0) is 12.0. The second kappa shape index (κ2) is 5.82. The van der Waals surface area contributed by atoms with E-state index in [1.807, 2.05) is 19.9 Å². The average Bonchev–Trinajstić information content (AvgIpc) is 2.25. The van der Waals surface area contributed by atoms with Crippen LogP contribution in [-0.2, 0) is 14.3 Å². The smallest absolute Gasteiger partial charge is 0.262 e. The average molecular weight is 240 g/mol. The Hall–Kier alpha value is -1.13. The summed E-state index contributed by atoms with van der Waals surface area (Å²) in [6.45, 7) is 3.97. The van der Waals surface area contributed by atoms with E-state index in [0.29, 0.717) is 0 Å². The molecule has 3 nitrogen and oxygen atoms in total. The van der Waals surface area contributed by atoms with Gasteiger partial charge in [-0.15, -0.1) is 0 Å². The Morgan fingerprint density at radius 1 is 1.19 bits per heavy atom. The fraction of sp³-hybridized carbons (Fsp3) is 0.333. The standard InChI is InChI=1S/C12H16O3S/c1-3-4-5-10-15-16(13,14)12-8-6-11(2)7-9-12/h4-9H,3,10H2,1-2H3/b5-4-. The highest BCUT2D eigenvalue weighted by Crippen LogP contribution is 2.12. The molecule has 0 amide bonds. The van der Waals surface area contributed by atoms with Crippen molar-refractivity contribution in [3.8, 4) is 0 Å². The van der Waals surface area contributed by atoms with Gasteiger partial charge in [0.1, 0.15) is 0 Å². The zero-order valence-electron chi connectivity index (χ0n) is 9.51. The van der Waals surface area contributed by atoms with Crippen LogP contribution in [0.2, 0.25) is 0 Å². The van der Waals surface area contributed by atoms with Gasteiger partial charge in [0.2, 0.25) is 0 Å². The molecule has 0 N–H and O–H groups in total. The molecule has 4 heteroatoms. The van der Waals surface area contributed by atoms with E-state index in [9.17, 15) is 8.42 Å². The summed E-state index contributed by atoms with van der Waals surface area (Å²) < 4.78 is 28.1. The van der Waals surface area contributed by atoms with Crippen molar-refractivity contribution >= 4 is 10.1 Å². The lowest BCUT2D eigenvalue weighted by atomic mass is 10.2. The number of allylic oxidation sites excluding steroid dienone is 1. The van der Waals surface area contributed by atoms with Crippen LogP contribution in [0.25, 0.3) is 0 Å². The third-order valence-electron chi connectivity index (χ3n) is 2.03. The lowest BCUT2D eigenvalue weighted by molar-refractivity contribution is 0.357. The monoisotopic (exact) mass is 240 g/mol. The molecule has 0 aliphatic rings. The molecule has 0 heterocycles. The molecule has 0 radical (unpaired) electrons. The van der Waals surface area contributed by atoms with Crippen molar-refractivity contribution < 1.29 is 12.6 Å². The third-order valence-corrected chi connectivity index (χ3v) is 3.33. The zero-order valence-corrected chi connectivity index (χ0v) is 10.3. The number of rotatable bonds is 5. The molecule has 1 aromatic carbocycles. The van der Waals surface area contributed by atoms with E-state index in [1.54, 1.807) is 30.3 Å². The first-order chi connectivity index (χ1) is 7.56. The summed E-state index contributed by atoms with van der Waals surface area (Å²) in [4.78, 5) is 0.197. The van der Waals surface area contributed by atoms with E-state index in [-0.39, 0.29) is 11.5 Å². The second-order valence-corrected chi connectivity index (χ2v) is 5.05. The van der Waals surface area contributed by atoms with Gasteiger partial charge in [0.05, 0.1) is 11.5 Å². The van der Waals surface area contributed by atoms with Gasteiger partial charge in [-0.05, 0) is 25.5 Å². The molecule has 0 unspecified atom stereocenters. The normalized spacial score (nSPS) is 12.1. The molecular formula is C12H16O3S. The Bertz CT molecular complexity index is 444. The quantitative estimate of drug-likeness (QED) is 0.587. The number of aryl methyl sites for hydroxylation is 1. The maximum absolute atomic E-state index is 11.7. The van der Waals surface area contributed by atoms with E-state index in [2.05, 4.69) is 0 Å². The lowest BCUT2D eigenvalue weighted by Gasteiger charge is -2.03. The Kier molecular flexibility index (Phi) is 4.71. The van der Waals surface area contributed by atoms with Gasteiger partial charge in [-0.3, -0.25) is 4.18 Å². The molecule has 0 spiro atoms. The van der Waals surface area contributed by atoms with Crippen LogP contribution >= 0.6 is 0 Å². The predicted octanol–water partition coefficient (Wildman–Crippen LogP) is 2.67. The maximum Gasteiger partial charge on any atom is 0.297 e. The van der Waals surface area contributed by atoms with E-state index in [1.165, 1.54) is 0 Å². The SMILES string of the molecule is CC/C=C\COS(=O)(=O)c1ccc(C)cc1. The number of hydrogen-bond acceptors (Lipinski definition) is 3. The topological polar surface area (TPSA) is 43.4 Å². The highest BCUT2D eigenvalue weighted by Gasteiger charge is 2.13. The highest BCUT2D eigenvalue weighted by molar-refractivity contribution is 7.86. The fourth-order valence-corrected chi connectivity index (χ4v) is 2.00. The van der Waals surface area contributed by atoms with Crippen molar-refractivity contribution in [2.24, 2.45) is 0 Å². The van der Waals surface area contributed by atoms with Gasteiger partial charge >= 0.3 is 0 Å². The molecule has 1 rings (SSSR count). The molecule has 0 fully saturated rings. The minimum atomic E-state index is -3.61. The first-order valence-electron chi connectivity index (χ1n) is 5.17. The molecule has 0 saturated heterocycles. The number of hydrogen-bond donors (Lipinski definition) is 0. The van der Waals surface area contributed by atoms with Crippen molar-refractivity contribution in [3.05, 3.63) is 42.0 Å². The largest absolute Gasteiger partial charge is 0.297 e. The van der Waals surface area contributed by atoms with Gasteiger partial charge in [0, 0.05) is 0 Å². The first-order valence-corrected chi connectivity index (χ1v) is 6.58. The third kappa shape index (κ3) is 3.79. The van der Waals surface area contributed by atoms with Crippen LogP contribution in [0.1, 0.15) is 18.9 Å². The van der Waals surface area contributed by atoms with Crippen molar-refractivity contribution in [2.45, 2.75) is 25.2 Å². The van der Waals surface area contributed by atoms with Gasteiger partial charge in [-0.1, -0.05) is 36.8 Å². The predicted molar refractivity (Wildman–Crippen MR) is 63.7 cm³/mol. The molecule has 16 heavy (non-hydrogen) atoms. The van der Waals surface area contributed by atoms with Crippen molar-refractivity contribution in [1.82, 2.24) is 0 Å². The van der Waals surface area contributed by atoms with Crippen LogP contribution in [0.15, 0.2) is 41.3 Å². The molecule has 88 valence electrons. The molecule has 1 aromatic rings. The summed E-state index contributed by atoms with van der Waals surface area (Å²) in [5.74, 6) is 0. The Balaban J connectivity index is 2.71. The summed E-state index contributed by atoms with van der Waals surface area (Å²) in [6, 6.07) is 6.60. The Labute approximate surface area is 96.9 Å². The summed E-state index contributed by atoms with van der Waals surface area (Å²) >= 11 is 0. The maximum atomic E-state index is 11.7. The van der Waals surface area contributed by atoms with Crippen LogP contribution in [0.5, 0.6) is 0 Å². The lowest BCUT2D eigenvalue weighted by Crippen LogP contribution is -2.06. The Morgan fingerprint density at radius 2 is 1.81 bits per heavy atom. The molecular weight excluding hydrogens is 224 g/mol. The van der Waals surface area contributed by atoms with Gasteiger partial charge in [0.15, 0.2) is 0 Å². The molecule has 0 aliphatic heterocycles. The van der Waals surface area contributed by atoms with Crippen LogP contribution in [0.3, 0.4) is 0 Å². The number of benzene rings is 1. The van der Waals surface area contributed by atoms with E-state index in [4.69, 9.17) is 4.18 Å². The van der Waals surface area contributed by atoms with Crippen molar-refractivity contribution in [3.63, 3.8) is 0 Å². The molecule has 0 atom stereocenters. The molecule has 0 saturated carbocycles. The second-order valence-electron chi connectivity index (χ2n) is 3.43. The molecule has 0 bridgehead atoms. The van der Waals surface area contributed by atoms with Gasteiger partial charge in [0.25, 0.3) is 10.1 Å². The summed E-state index contributed by atoms with van der Waals surface area (Å²) in [5, 5.41) is 0. The minimum Gasteiger partial charge on any atom is -0.262 e. The van der Waals surface area contributed by atoms with Gasteiger partial charge in [-0.25, -0.2) is 0 Å². The fourth-order valence-electron chi connectivity index (χ4n) is 1.14. The van der Waals surface area contributed by atoms with E-state index < -0.39 is 10.1 Å². The summed E-state index contributed by atoms with van der Waals surface area (Å²) in [5.41, 5.74) is 1.02. The van der Waals surface area contributed by atoms with Crippen LogP contribution in [0.4, 0.5) is 0 Å².